The second-order valence-electron chi connectivity index (χ2n) is 4.96. The predicted molar refractivity (Wildman–Crippen MR) is 87.0 cm³/mol. The Morgan fingerprint density at radius 2 is 1.96 bits per heavy atom. The van der Waals surface area contributed by atoms with Gasteiger partial charge < -0.3 is 15.6 Å². The van der Waals surface area contributed by atoms with Crippen LogP contribution < -0.4 is 10.5 Å². The molecule has 8 heteroatoms. The molecule has 2 aromatic heterocycles. The molecule has 0 saturated heterocycles. The van der Waals surface area contributed by atoms with Gasteiger partial charge in [0.1, 0.15) is 16.6 Å². The van der Waals surface area contributed by atoms with Gasteiger partial charge in [-0.25, -0.2) is 9.78 Å². The summed E-state index contributed by atoms with van der Waals surface area (Å²) in [5.74, 6) is -1.69. The summed E-state index contributed by atoms with van der Waals surface area (Å²) in [6.07, 6.45) is 0.0213. The largest absolute Gasteiger partial charge is 0.477 e. The Morgan fingerprint density at radius 3 is 2.58 bits per heavy atom. The maximum Gasteiger partial charge on any atom is 0.352 e. The smallest absolute Gasteiger partial charge is 0.352 e. The van der Waals surface area contributed by atoms with Crippen LogP contribution in [-0.2, 0) is 4.79 Å². The van der Waals surface area contributed by atoms with Gasteiger partial charge in [0.2, 0.25) is 0 Å². The van der Waals surface area contributed by atoms with Crippen LogP contribution in [0.4, 0.5) is 0 Å². The van der Waals surface area contributed by atoms with E-state index in [-0.39, 0.29) is 10.8 Å². The molecule has 1 amide bonds. The monoisotopic (exact) mass is 345 g/mol. The number of nitrogens with two attached hydrogens (primary N) is 1. The summed E-state index contributed by atoms with van der Waals surface area (Å²) in [4.78, 5) is 27.4. The van der Waals surface area contributed by atoms with Crippen LogP contribution in [0.2, 0.25) is 5.15 Å². The molecule has 3 N–H and O–H groups in total. The average molecular weight is 346 g/mol. The van der Waals surface area contributed by atoms with Crippen LogP contribution in [0.3, 0.4) is 0 Å². The van der Waals surface area contributed by atoms with Crippen molar-refractivity contribution in [3.8, 4) is 5.75 Å². The van der Waals surface area contributed by atoms with E-state index in [0.717, 1.165) is 0 Å². The summed E-state index contributed by atoms with van der Waals surface area (Å²) >= 11 is 5.84. The number of amides is 1. The molecule has 1 unspecified atom stereocenters. The second-order valence-corrected chi connectivity index (χ2v) is 5.34. The van der Waals surface area contributed by atoms with Crippen molar-refractivity contribution in [1.82, 2.24) is 9.55 Å². The van der Waals surface area contributed by atoms with Crippen LogP contribution in [0.15, 0.2) is 48.7 Å². The molecule has 3 rings (SSSR count). The van der Waals surface area contributed by atoms with Crippen LogP contribution in [-0.4, -0.2) is 26.5 Å². The number of aromatic nitrogens is 2. The zero-order valence-electron chi connectivity index (χ0n) is 12.2. The highest BCUT2D eigenvalue weighted by Gasteiger charge is 2.27. The molecule has 1 atom stereocenters. The number of carbonyl (C=O) groups excluding carboxylic acids is 1. The van der Waals surface area contributed by atoms with Gasteiger partial charge in [-0.15, -0.1) is 0 Å². The van der Waals surface area contributed by atoms with Gasteiger partial charge in [-0.3, -0.25) is 9.36 Å². The lowest BCUT2D eigenvalue weighted by molar-refractivity contribution is -0.128. The number of rotatable bonds is 5. The fraction of sp³-hybridized carbons (Fsp3) is 0.0625. The van der Waals surface area contributed by atoms with Crippen molar-refractivity contribution < 1.29 is 19.4 Å². The van der Waals surface area contributed by atoms with Gasteiger partial charge in [-0.1, -0.05) is 29.8 Å². The Hall–Kier alpha value is -3.06. The fourth-order valence-electron chi connectivity index (χ4n) is 2.38. The lowest BCUT2D eigenvalue weighted by atomic mass is 10.3. The molecule has 2 heterocycles. The van der Waals surface area contributed by atoms with Crippen LogP contribution in [0.5, 0.6) is 5.75 Å². The van der Waals surface area contributed by atoms with Gasteiger partial charge in [-0.05, 0) is 24.3 Å². The lowest BCUT2D eigenvalue weighted by Gasteiger charge is -2.20. The number of carbonyl (C=O) groups is 2. The standard InChI is InChI=1S/C16H12ClN3O4/c17-13-7-9-6-11(16(22)23)20(12(9)8-19-13)15(14(18)21)24-10-4-2-1-3-5-10/h1-8,15H,(H2,18,21)(H,22,23). The number of carboxylic acids is 1. The van der Waals surface area contributed by atoms with Gasteiger partial charge in [0.05, 0.1) is 11.7 Å². The summed E-state index contributed by atoms with van der Waals surface area (Å²) in [6.45, 7) is 0. The van der Waals surface area contributed by atoms with Crippen molar-refractivity contribution in [2.45, 2.75) is 6.23 Å². The van der Waals surface area contributed by atoms with Crippen molar-refractivity contribution in [2.75, 3.05) is 0 Å². The number of aromatic carboxylic acids is 1. The molecule has 0 bridgehead atoms. The Bertz CT molecular complexity index is 924. The van der Waals surface area contributed by atoms with E-state index in [2.05, 4.69) is 4.98 Å². The number of benzene rings is 1. The highest BCUT2D eigenvalue weighted by molar-refractivity contribution is 6.30. The van der Waals surface area contributed by atoms with Crippen LogP contribution in [0.1, 0.15) is 16.7 Å². The van der Waals surface area contributed by atoms with Crippen LogP contribution >= 0.6 is 11.6 Å². The normalized spacial score (nSPS) is 12.0. The first-order valence-electron chi connectivity index (χ1n) is 6.88. The fourth-order valence-corrected chi connectivity index (χ4v) is 2.55. The Morgan fingerprint density at radius 1 is 1.25 bits per heavy atom. The van der Waals surface area contributed by atoms with E-state index in [4.69, 9.17) is 22.1 Å². The number of hydrogen-bond acceptors (Lipinski definition) is 4. The second kappa shape index (κ2) is 6.21. The van der Waals surface area contributed by atoms with Gasteiger partial charge in [0, 0.05) is 5.39 Å². The summed E-state index contributed by atoms with van der Waals surface area (Å²) in [5.41, 5.74) is 5.65. The maximum atomic E-state index is 11.9. The number of hydrogen-bond donors (Lipinski definition) is 2. The van der Waals surface area contributed by atoms with Crippen LogP contribution in [0.25, 0.3) is 10.9 Å². The van der Waals surface area contributed by atoms with E-state index >= 15 is 0 Å². The number of primary amides is 1. The Balaban J connectivity index is 2.18. The molecule has 7 nitrogen and oxygen atoms in total. The topological polar surface area (TPSA) is 107 Å². The molecule has 0 aliphatic carbocycles. The number of halogens is 1. The highest BCUT2D eigenvalue weighted by atomic mass is 35.5. The quantitative estimate of drug-likeness (QED) is 0.690. The minimum atomic E-state index is -1.35. The summed E-state index contributed by atoms with van der Waals surface area (Å²) < 4.78 is 6.80. The molecule has 0 saturated carbocycles. The molecule has 0 radical (unpaired) electrons. The number of nitrogens with zero attached hydrogens (tertiary/aromatic N) is 2. The molecule has 0 aliphatic heterocycles. The first-order valence-corrected chi connectivity index (χ1v) is 7.26. The molecule has 122 valence electrons. The molecule has 1 aromatic carbocycles. The number of ether oxygens (including phenoxy) is 1. The SMILES string of the molecule is NC(=O)C(Oc1ccccc1)n1c(C(=O)O)cc2cc(Cl)ncc21. The van der Waals surface area contributed by atoms with E-state index < -0.39 is 18.1 Å². The van der Waals surface area contributed by atoms with E-state index in [9.17, 15) is 14.7 Å². The van der Waals surface area contributed by atoms with E-state index in [1.165, 1.54) is 22.9 Å². The van der Waals surface area contributed by atoms with Crippen molar-refractivity contribution in [1.29, 1.82) is 0 Å². The molecule has 24 heavy (non-hydrogen) atoms. The van der Waals surface area contributed by atoms with Gasteiger partial charge in [-0.2, -0.15) is 0 Å². The van der Waals surface area contributed by atoms with Crippen molar-refractivity contribution in [3.05, 3.63) is 59.5 Å². The third-order valence-electron chi connectivity index (χ3n) is 3.38. The van der Waals surface area contributed by atoms with Gasteiger partial charge in [0.15, 0.2) is 0 Å². The van der Waals surface area contributed by atoms with Gasteiger partial charge >= 0.3 is 5.97 Å². The number of para-hydroxylation sites is 1. The van der Waals surface area contributed by atoms with E-state index in [1.807, 2.05) is 0 Å². The van der Waals surface area contributed by atoms with Gasteiger partial charge in [0.25, 0.3) is 12.1 Å². The van der Waals surface area contributed by atoms with Crippen LogP contribution in [0, 0.1) is 0 Å². The molecule has 0 aliphatic rings. The molecular formula is C16H12ClN3O4. The molecule has 0 spiro atoms. The third kappa shape index (κ3) is 2.89. The third-order valence-corrected chi connectivity index (χ3v) is 3.59. The molecule has 0 fully saturated rings. The lowest BCUT2D eigenvalue weighted by Crippen LogP contribution is -2.32. The average Bonchev–Trinajstić information content (AvgIpc) is 2.91. The first kappa shape index (κ1) is 15.8. The minimum absolute atomic E-state index is 0.159. The maximum absolute atomic E-state index is 11.9. The summed E-state index contributed by atoms with van der Waals surface area (Å²) in [7, 11) is 0. The van der Waals surface area contributed by atoms with E-state index in [1.54, 1.807) is 30.3 Å². The highest BCUT2D eigenvalue weighted by Crippen LogP contribution is 2.27. The minimum Gasteiger partial charge on any atom is -0.477 e. The summed E-state index contributed by atoms with van der Waals surface area (Å²) in [6, 6.07) is 11.4. The number of carboxylic acid groups (broad SMARTS) is 1. The number of pyridine rings is 1. The first-order chi connectivity index (χ1) is 11.5. The zero-order valence-corrected chi connectivity index (χ0v) is 13.0. The van der Waals surface area contributed by atoms with Crippen molar-refractivity contribution >= 4 is 34.4 Å². The Labute approximate surface area is 141 Å². The zero-order chi connectivity index (χ0) is 17.3. The van der Waals surface area contributed by atoms with Crippen molar-refractivity contribution in [2.24, 2.45) is 5.73 Å². The molecular weight excluding hydrogens is 334 g/mol. The molecule has 3 aromatic rings. The van der Waals surface area contributed by atoms with E-state index in [0.29, 0.717) is 16.7 Å². The predicted octanol–water partition coefficient (Wildman–Crippen LogP) is 2.45. The Kier molecular flexibility index (Phi) is 4.09. The summed E-state index contributed by atoms with van der Waals surface area (Å²) in [5, 5.41) is 10.2. The number of fused-ring (bicyclic) bond motifs is 1. The van der Waals surface area contributed by atoms with Crippen molar-refractivity contribution in [3.63, 3.8) is 0 Å².